The van der Waals surface area contributed by atoms with Gasteiger partial charge in [0, 0.05) is 34.8 Å². The summed E-state index contributed by atoms with van der Waals surface area (Å²) in [5.41, 5.74) is -3.98. The predicted molar refractivity (Wildman–Crippen MR) is 149 cm³/mol. The van der Waals surface area contributed by atoms with Gasteiger partial charge in [-0.05, 0) is 51.5 Å². The van der Waals surface area contributed by atoms with Crippen LogP contribution >= 0.6 is 0 Å². The summed E-state index contributed by atoms with van der Waals surface area (Å²) >= 11 is 0. The number of hydrogen-bond acceptors (Lipinski definition) is 10. The number of unbranched alkanes of at least 4 members (excludes halogenated alkanes) is 4. The van der Waals surface area contributed by atoms with Crippen LogP contribution in [0, 0.1) is 28.1 Å². The summed E-state index contributed by atoms with van der Waals surface area (Å²) in [4.78, 5) is 40.4. The van der Waals surface area contributed by atoms with Crippen LogP contribution in [0.3, 0.4) is 0 Å². The van der Waals surface area contributed by atoms with Gasteiger partial charge in [0.25, 0.3) is 0 Å². The normalized spacial score (nSPS) is 45.7. The van der Waals surface area contributed by atoms with Crippen LogP contribution in [0.2, 0.25) is 0 Å². The summed E-state index contributed by atoms with van der Waals surface area (Å²) in [5, 5.41) is 21.1. The largest absolute Gasteiger partial charge is 0.469 e. The molecule has 0 radical (unpaired) electrons. The van der Waals surface area contributed by atoms with Crippen molar-refractivity contribution < 1.29 is 48.0 Å². The lowest BCUT2D eigenvalue weighted by Crippen LogP contribution is -2.76. The molecule has 0 aromatic carbocycles. The van der Waals surface area contributed by atoms with Crippen molar-refractivity contribution >= 4 is 17.7 Å². The molecule has 10 nitrogen and oxygen atoms in total. The number of furan rings is 1. The first-order valence-electron chi connectivity index (χ1n) is 16.0. The zero-order valence-corrected chi connectivity index (χ0v) is 25.6. The van der Waals surface area contributed by atoms with Gasteiger partial charge in [0.05, 0.1) is 30.3 Å². The van der Waals surface area contributed by atoms with E-state index in [0.717, 1.165) is 43.4 Å². The first kappa shape index (κ1) is 29.4. The van der Waals surface area contributed by atoms with Crippen molar-refractivity contribution in [2.24, 2.45) is 28.1 Å². The van der Waals surface area contributed by atoms with Crippen LogP contribution in [-0.4, -0.2) is 70.7 Å². The lowest BCUT2D eigenvalue weighted by molar-refractivity contribution is -0.252. The molecule has 10 heteroatoms. The molecule has 5 heterocycles. The van der Waals surface area contributed by atoms with Crippen molar-refractivity contribution in [1.82, 2.24) is 0 Å². The number of hydrogen-bond donors (Lipinski definition) is 2. The third-order valence-corrected chi connectivity index (χ3v) is 12.5. The third-order valence-electron chi connectivity index (χ3n) is 12.5. The van der Waals surface area contributed by atoms with E-state index in [1.165, 1.54) is 0 Å². The molecule has 2 aliphatic carbocycles. The molecule has 0 unspecified atom stereocenters. The van der Waals surface area contributed by atoms with E-state index in [4.69, 9.17) is 28.5 Å². The van der Waals surface area contributed by atoms with Crippen LogP contribution in [-0.2, 0) is 39.8 Å². The SMILES string of the molecule is CC1(C)O[C@H]2CC(=O)OC[C@]23[C@H]1C(=O)[C@@H](O)[C@]1(C)[C@H]3CC[C@@]2(C)[C@H](c3ccoc3CCCCCCCO)OC(=O)[C@H]3O[C@]312. The number of aliphatic hydroxyl groups excluding tert-OH is 2. The average Bonchev–Trinajstić information content (AvgIpc) is 3.51. The second-order valence-corrected chi connectivity index (χ2v) is 14.8. The summed E-state index contributed by atoms with van der Waals surface area (Å²) in [6.07, 6.45) is 4.80. The molecule has 2 N–H and O–H groups in total. The van der Waals surface area contributed by atoms with E-state index in [2.05, 4.69) is 6.92 Å². The van der Waals surface area contributed by atoms with E-state index in [9.17, 15) is 19.5 Å². The number of carbonyl (C=O) groups excluding carboxylic acids is 3. The molecule has 6 aliphatic rings. The maximum absolute atomic E-state index is 14.3. The van der Waals surface area contributed by atoms with Crippen LogP contribution in [0.25, 0.3) is 0 Å². The van der Waals surface area contributed by atoms with Gasteiger partial charge < -0.3 is 33.6 Å². The molecule has 2 saturated carbocycles. The second-order valence-electron chi connectivity index (χ2n) is 14.8. The fraction of sp³-hybridized carbons (Fsp3) is 0.788. The van der Waals surface area contributed by atoms with Crippen LogP contribution in [0.4, 0.5) is 0 Å². The van der Waals surface area contributed by atoms with Gasteiger partial charge in [0.2, 0.25) is 0 Å². The van der Waals surface area contributed by atoms with Crippen LogP contribution in [0.15, 0.2) is 16.7 Å². The van der Waals surface area contributed by atoms with E-state index < -0.39 is 63.8 Å². The van der Waals surface area contributed by atoms with Crippen molar-refractivity contribution in [3.63, 3.8) is 0 Å². The number of ketones is 1. The molecular formula is C33H44O10. The summed E-state index contributed by atoms with van der Waals surface area (Å²) < 4.78 is 30.8. The van der Waals surface area contributed by atoms with Crippen LogP contribution in [0.5, 0.6) is 0 Å². The predicted octanol–water partition coefficient (Wildman–Crippen LogP) is 3.59. The molecular weight excluding hydrogens is 556 g/mol. The van der Waals surface area contributed by atoms with Gasteiger partial charge in [-0.15, -0.1) is 0 Å². The lowest BCUT2D eigenvalue weighted by Gasteiger charge is -2.66. The van der Waals surface area contributed by atoms with Gasteiger partial charge in [-0.3, -0.25) is 9.59 Å². The molecule has 236 valence electrons. The first-order chi connectivity index (χ1) is 20.4. The number of fused-ring (bicyclic) bond motifs is 1. The van der Waals surface area contributed by atoms with Crippen molar-refractivity contribution in [1.29, 1.82) is 0 Å². The summed E-state index contributed by atoms with van der Waals surface area (Å²) in [5.74, 6) is -1.37. The number of ether oxygens (including phenoxy) is 4. The van der Waals surface area contributed by atoms with Crippen molar-refractivity contribution in [2.75, 3.05) is 13.2 Å². The Labute approximate surface area is 251 Å². The summed E-state index contributed by atoms with van der Waals surface area (Å²) in [6.45, 7) is 7.93. The molecule has 1 aromatic rings. The fourth-order valence-electron chi connectivity index (χ4n) is 10.8. The number of aliphatic hydroxyl groups is 2. The highest BCUT2D eigenvalue weighted by atomic mass is 16.7. The smallest absolute Gasteiger partial charge is 0.339 e. The Hall–Kier alpha value is -2.27. The molecule has 4 saturated heterocycles. The monoisotopic (exact) mass is 600 g/mol. The van der Waals surface area contributed by atoms with E-state index >= 15 is 0 Å². The van der Waals surface area contributed by atoms with E-state index in [0.29, 0.717) is 19.3 Å². The minimum Gasteiger partial charge on any atom is -0.469 e. The van der Waals surface area contributed by atoms with Gasteiger partial charge in [0.15, 0.2) is 11.9 Å². The minimum absolute atomic E-state index is 0.0405. The number of esters is 2. The Morgan fingerprint density at radius 3 is 2.49 bits per heavy atom. The number of rotatable bonds is 8. The highest BCUT2D eigenvalue weighted by molar-refractivity contribution is 5.92. The summed E-state index contributed by atoms with van der Waals surface area (Å²) in [7, 11) is 0. The molecule has 43 heavy (non-hydrogen) atoms. The second kappa shape index (κ2) is 9.61. The van der Waals surface area contributed by atoms with Crippen molar-refractivity contribution in [3.8, 4) is 0 Å². The molecule has 1 aromatic heterocycles. The van der Waals surface area contributed by atoms with E-state index in [1.54, 1.807) is 6.26 Å². The quantitative estimate of drug-likeness (QED) is 0.258. The highest BCUT2D eigenvalue weighted by Gasteiger charge is 2.90. The van der Waals surface area contributed by atoms with Gasteiger partial charge in [0.1, 0.15) is 30.2 Å². The standard InChI is InChI=1S/C33H44O10/c1-29(2)24-23(36)25(37)31(4)20(32(24)17-40-22(35)16-21(32)42-29)11-13-30(3)26(41-28(38)27-33(30,31)43-27)18-12-15-39-19(18)10-8-6-5-7-9-14-34/h12,15,20-21,24-27,34,37H,5-11,13-14,16-17H2,1-4H3/t20-,21+,24+,25-,26+,27-,30+,31+,32-,33+/m1/s1. The Bertz CT molecular complexity index is 1330. The molecule has 10 atom stereocenters. The molecule has 7 rings (SSSR count). The minimum atomic E-state index is -1.40. The number of aryl methyl sites for hydroxylation is 1. The molecule has 0 amide bonds. The van der Waals surface area contributed by atoms with Gasteiger partial charge in [-0.2, -0.15) is 0 Å². The summed E-state index contributed by atoms with van der Waals surface area (Å²) in [6, 6.07) is 1.87. The first-order valence-corrected chi connectivity index (χ1v) is 16.0. The molecule has 4 aliphatic heterocycles. The maximum Gasteiger partial charge on any atom is 0.339 e. The maximum atomic E-state index is 14.3. The average molecular weight is 601 g/mol. The zero-order valence-electron chi connectivity index (χ0n) is 25.6. The van der Waals surface area contributed by atoms with Crippen molar-refractivity contribution in [3.05, 3.63) is 23.7 Å². The van der Waals surface area contributed by atoms with Gasteiger partial charge in [-0.1, -0.05) is 33.1 Å². The molecule has 6 fully saturated rings. The number of epoxide rings is 1. The van der Waals surface area contributed by atoms with Crippen molar-refractivity contribution in [2.45, 2.75) is 121 Å². The Kier molecular flexibility index (Phi) is 6.58. The Morgan fingerprint density at radius 2 is 1.72 bits per heavy atom. The van der Waals surface area contributed by atoms with Crippen LogP contribution < -0.4 is 0 Å². The fourth-order valence-corrected chi connectivity index (χ4v) is 10.8. The Morgan fingerprint density at radius 1 is 0.977 bits per heavy atom. The van der Waals surface area contributed by atoms with Gasteiger partial charge >= 0.3 is 11.9 Å². The van der Waals surface area contributed by atoms with Gasteiger partial charge in [-0.25, -0.2) is 4.79 Å². The van der Waals surface area contributed by atoms with E-state index in [1.807, 2.05) is 26.8 Å². The van der Waals surface area contributed by atoms with Crippen LogP contribution in [0.1, 0.15) is 96.5 Å². The Balaban J connectivity index is 1.27. The lowest BCUT2D eigenvalue weighted by atomic mass is 9.36. The topological polar surface area (TPSA) is 145 Å². The number of Topliss-reactive ketones (excluding diaryl/α,β-unsaturated/α-hetero) is 1. The highest BCUT2D eigenvalue weighted by Crippen LogP contribution is 2.80. The van der Waals surface area contributed by atoms with E-state index in [-0.39, 0.29) is 37.3 Å². The third kappa shape index (κ3) is 3.58. The molecule has 0 bridgehead atoms. The number of cyclic esters (lactones) is 2. The zero-order chi connectivity index (χ0) is 30.6. The molecule has 2 spiro atoms. The number of carbonyl (C=O) groups is 3.